The number of amides is 1. The van der Waals surface area contributed by atoms with Crippen molar-refractivity contribution >= 4 is 51.9 Å². The van der Waals surface area contributed by atoms with Gasteiger partial charge in [0.1, 0.15) is 5.76 Å². The van der Waals surface area contributed by atoms with Crippen molar-refractivity contribution in [2.45, 2.75) is 25.8 Å². The van der Waals surface area contributed by atoms with E-state index in [4.69, 9.17) is 4.74 Å². The van der Waals surface area contributed by atoms with Crippen molar-refractivity contribution in [2.24, 2.45) is 0 Å². The van der Waals surface area contributed by atoms with Gasteiger partial charge in [-0.3, -0.25) is 4.79 Å². The van der Waals surface area contributed by atoms with E-state index in [0.29, 0.717) is 24.4 Å². The van der Waals surface area contributed by atoms with Crippen LogP contribution in [0.4, 0.5) is 27.5 Å². The Balaban J connectivity index is 1.76. The number of ether oxygens (including phenoxy) is 1. The second-order valence-corrected chi connectivity index (χ2v) is 7.97. The number of nitrogens with zero attached hydrogens (tertiary/aromatic N) is 3. The van der Waals surface area contributed by atoms with Crippen molar-refractivity contribution in [2.75, 3.05) is 20.4 Å². The number of aromatic nitrogens is 2. The standard InChI is InChI=1S/C22H23FIN5O2/c1-4-19(30)29(24)16-8-6-7-15(13-16)26-20-18(23)14-25-21(27-20)28-22(3)11-9-17(10-12-22)31-5-2/h4,6-11,13-14H,1,5,12H2,2-3H3,(H2,25,26,27,28). The summed E-state index contributed by atoms with van der Waals surface area (Å²) >= 11 is 1.89. The molecule has 0 spiro atoms. The predicted octanol–water partition coefficient (Wildman–Crippen LogP) is 5.28. The number of hydrogen-bond acceptors (Lipinski definition) is 6. The molecule has 1 unspecified atom stereocenters. The first-order valence-electron chi connectivity index (χ1n) is 9.66. The normalized spacial score (nSPS) is 17.5. The van der Waals surface area contributed by atoms with Gasteiger partial charge in [-0.05, 0) is 56.7 Å². The molecule has 1 aromatic heterocycles. The molecule has 0 aliphatic heterocycles. The minimum absolute atomic E-state index is 0.0265. The third-order valence-electron chi connectivity index (χ3n) is 4.50. The molecule has 1 aromatic carbocycles. The fraction of sp³-hybridized carbons (Fsp3) is 0.227. The van der Waals surface area contributed by atoms with Gasteiger partial charge in [-0.2, -0.15) is 4.98 Å². The van der Waals surface area contributed by atoms with E-state index in [9.17, 15) is 9.18 Å². The summed E-state index contributed by atoms with van der Waals surface area (Å²) in [7, 11) is 0. The topological polar surface area (TPSA) is 79.4 Å². The molecule has 162 valence electrons. The number of halogens is 2. The molecule has 7 nitrogen and oxygen atoms in total. The Bertz CT molecular complexity index is 1040. The lowest BCUT2D eigenvalue weighted by molar-refractivity contribution is -0.112. The number of nitrogens with one attached hydrogen (secondary N) is 2. The van der Waals surface area contributed by atoms with E-state index in [1.54, 1.807) is 24.3 Å². The molecule has 1 amide bonds. The van der Waals surface area contributed by atoms with Gasteiger partial charge in [-0.25, -0.2) is 12.5 Å². The van der Waals surface area contributed by atoms with Crippen molar-refractivity contribution in [3.8, 4) is 0 Å². The zero-order valence-electron chi connectivity index (χ0n) is 17.2. The average Bonchev–Trinajstić information content (AvgIpc) is 2.77. The van der Waals surface area contributed by atoms with Gasteiger partial charge in [0.2, 0.25) is 5.95 Å². The van der Waals surface area contributed by atoms with Crippen LogP contribution < -0.4 is 13.7 Å². The van der Waals surface area contributed by atoms with Gasteiger partial charge in [0, 0.05) is 5.69 Å². The average molecular weight is 535 g/mol. The van der Waals surface area contributed by atoms with Crippen molar-refractivity contribution < 1.29 is 13.9 Å². The lowest BCUT2D eigenvalue weighted by atomic mass is 9.93. The highest BCUT2D eigenvalue weighted by Crippen LogP contribution is 2.28. The van der Waals surface area contributed by atoms with Crippen LogP contribution in [-0.2, 0) is 9.53 Å². The van der Waals surface area contributed by atoms with Crippen LogP contribution in [-0.4, -0.2) is 28.0 Å². The van der Waals surface area contributed by atoms with Crippen LogP contribution in [0.5, 0.6) is 0 Å². The molecule has 3 rings (SSSR count). The maximum absolute atomic E-state index is 14.4. The van der Waals surface area contributed by atoms with E-state index < -0.39 is 11.4 Å². The minimum atomic E-state index is -0.590. The third kappa shape index (κ3) is 5.81. The summed E-state index contributed by atoms with van der Waals surface area (Å²) in [5, 5.41) is 6.20. The summed E-state index contributed by atoms with van der Waals surface area (Å²) in [6.45, 7) is 8.03. The predicted molar refractivity (Wildman–Crippen MR) is 129 cm³/mol. The highest BCUT2D eigenvalue weighted by molar-refractivity contribution is 14.1. The molecule has 1 atom stereocenters. The highest BCUT2D eigenvalue weighted by Gasteiger charge is 2.24. The SMILES string of the molecule is C=CC(=O)N(I)c1cccc(Nc2nc(NC3(C)C=CC(OCC)=CC3)ncc2F)c1. The number of allylic oxidation sites excluding steroid dienone is 1. The molecular weight excluding hydrogens is 512 g/mol. The molecule has 2 aromatic rings. The molecule has 0 saturated carbocycles. The van der Waals surface area contributed by atoms with E-state index in [0.717, 1.165) is 12.0 Å². The quantitative estimate of drug-likeness (QED) is 0.272. The molecule has 1 aliphatic rings. The van der Waals surface area contributed by atoms with Crippen molar-refractivity contribution in [1.82, 2.24) is 9.97 Å². The van der Waals surface area contributed by atoms with Crippen LogP contribution in [0, 0.1) is 5.82 Å². The largest absolute Gasteiger partial charge is 0.494 e. The van der Waals surface area contributed by atoms with Gasteiger partial charge in [0.05, 0.1) is 46.9 Å². The van der Waals surface area contributed by atoms with E-state index in [-0.39, 0.29) is 17.7 Å². The Morgan fingerprint density at radius 1 is 1.48 bits per heavy atom. The van der Waals surface area contributed by atoms with Gasteiger partial charge >= 0.3 is 0 Å². The van der Waals surface area contributed by atoms with Crippen molar-refractivity contribution in [3.05, 3.63) is 72.9 Å². The van der Waals surface area contributed by atoms with Gasteiger partial charge in [-0.15, -0.1) is 0 Å². The molecule has 2 N–H and O–H groups in total. The molecule has 31 heavy (non-hydrogen) atoms. The van der Waals surface area contributed by atoms with Crippen LogP contribution in [0.1, 0.15) is 20.3 Å². The monoisotopic (exact) mass is 535 g/mol. The van der Waals surface area contributed by atoms with Crippen LogP contribution >= 0.6 is 22.9 Å². The lowest BCUT2D eigenvalue weighted by Gasteiger charge is -2.29. The zero-order chi connectivity index (χ0) is 22.4. The van der Waals surface area contributed by atoms with Gasteiger partial charge < -0.3 is 15.4 Å². The second kappa shape index (κ2) is 9.90. The smallest absolute Gasteiger partial charge is 0.259 e. The number of anilines is 4. The summed E-state index contributed by atoms with van der Waals surface area (Å²) < 4.78 is 21.3. The molecule has 0 radical (unpaired) electrons. The van der Waals surface area contributed by atoms with Crippen molar-refractivity contribution in [3.63, 3.8) is 0 Å². The van der Waals surface area contributed by atoms with Crippen LogP contribution in [0.15, 0.2) is 67.1 Å². The van der Waals surface area contributed by atoms with Gasteiger partial charge in [0.15, 0.2) is 11.6 Å². The Labute approximate surface area is 194 Å². The van der Waals surface area contributed by atoms with E-state index in [1.807, 2.05) is 54.9 Å². The zero-order valence-corrected chi connectivity index (χ0v) is 19.4. The minimum Gasteiger partial charge on any atom is -0.494 e. The van der Waals surface area contributed by atoms with Crippen LogP contribution in [0.2, 0.25) is 0 Å². The first-order valence-corrected chi connectivity index (χ1v) is 10.6. The molecule has 9 heteroatoms. The maximum Gasteiger partial charge on any atom is 0.259 e. The first kappa shape index (κ1) is 22.7. The maximum atomic E-state index is 14.4. The molecule has 0 bridgehead atoms. The Morgan fingerprint density at radius 3 is 2.97 bits per heavy atom. The van der Waals surface area contributed by atoms with Crippen LogP contribution in [0.3, 0.4) is 0 Å². The van der Waals surface area contributed by atoms with Gasteiger partial charge in [0.25, 0.3) is 5.91 Å². The number of rotatable bonds is 8. The Kier molecular flexibility index (Phi) is 7.26. The molecule has 1 heterocycles. The summed E-state index contributed by atoms with van der Waals surface area (Å²) in [5.41, 5.74) is 0.773. The summed E-state index contributed by atoms with van der Waals surface area (Å²) in [4.78, 5) is 20.2. The molecule has 0 saturated heterocycles. The molecular formula is C22H23FIN5O2. The molecule has 1 aliphatic carbocycles. The van der Waals surface area contributed by atoms with Gasteiger partial charge in [-0.1, -0.05) is 18.7 Å². The summed E-state index contributed by atoms with van der Waals surface area (Å²) in [5.74, 6) is 0.292. The van der Waals surface area contributed by atoms with E-state index in [2.05, 4.69) is 27.2 Å². The number of carbonyl (C=O) groups is 1. The first-order chi connectivity index (χ1) is 14.8. The van der Waals surface area contributed by atoms with Crippen molar-refractivity contribution in [1.29, 1.82) is 0 Å². The number of carbonyl (C=O) groups excluding carboxylic acids is 1. The highest BCUT2D eigenvalue weighted by atomic mass is 127. The third-order valence-corrected chi connectivity index (χ3v) is 5.53. The lowest BCUT2D eigenvalue weighted by Crippen LogP contribution is -2.34. The Morgan fingerprint density at radius 2 is 2.29 bits per heavy atom. The Hall–Kier alpha value is -2.95. The number of hydrogen-bond donors (Lipinski definition) is 2. The fourth-order valence-corrected chi connectivity index (χ4v) is 3.40. The second-order valence-electron chi connectivity index (χ2n) is 7.01. The molecule has 0 fully saturated rings. The van der Waals surface area contributed by atoms with E-state index in [1.165, 1.54) is 9.19 Å². The number of benzene rings is 1. The summed E-state index contributed by atoms with van der Waals surface area (Å²) in [6, 6.07) is 7.00. The summed E-state index contributed by atoms with van der Waals surface area (Å²) in [6.07, 6.45) is 8.88. The fourth-order valence-electron chi connectivity index (χ4n) is 2.90. The van der Waals surface area contributed by atoms with Crippen LogP contribution in [0.25, 0.3) is 0 Å². The van der Waals surface area contributed by atoms with E-state index >= 15 is 0 Å².